The van der Waals surface area contributed by atoms with E-state index in [0.717, 1.165) is 11.1 Å². The lowest BCUT2D eigenvalue weighted by Gasteiger charge is -2.29. The van der Waals surface area contributed by atoms with E-state index < -0.39 is 10.0 Å². The molecule has 1 amide bonds. The smallest absolute Gasteiger partial charge is 0.251 e. The van der Waals surface area contributed by atoms with Crippen LogP contribution in [0.3, 0.4) is 0 Å². The van der Waals surface area contributed by atoms with Crippen LogP contribution >= 0.6 is 0 Å². The minimum atomic E-state index is -3.55. The van der Waals surface area contributed by atoms with Gasteiger partial charge >= 0.3 is 0 Å². The molecule has 4 rings (SSSR count). The topological polar surface area (TPSA) is 103 Å². The van der Waals surface area contributed by atoms with E-state index >= 15 is 0 Å². The van der Waals surface area contributed by atoms with Crippen molar-refractivity contribution in [1.29, 1.82) is 0 Å². The van der Waals surface area contributed by atoms with Gasteiger partial charge in [0.05, 0.1) is 20.0 Å². The van der Waals surface area contributed by atoms with E-state index in [9.17, 15) is 13.2 Å². The normalized spacial score (nSPS) is 15.3. The van der Waals surface area contributed by atoms with Crippen molar-refractivity contribution in [2.24, 2.45) is 0 Å². The summed E-state index contributed by atoms with van der Waals surface area (Å²) < 4.78 is 48.2. The second kappa shape index (κ2) is 8.64. The highest BCUT2D eigenvalue weighted by Crippen LogP contribution is 2.34. The Morgan fingerprint density at radius 3 is 2.52 bits per heavy atom. The van der Waals surface area contributed by atoms with Crippen molar-refractivity contribution in [3.63, 3.8) is 0 Å². The lowest BCUT2D eigenvalue weighted by atomic mass is 10.0. The molecule has 2 heterocycles. The number of nitrogens with one attached hydrogen (secondary N) is 1. The molecule has 0 aromatic heterocycles. The molecule has 0 saturated carbocycles. The number of methoxy groups -OCH3 is 2. The summed E-state index contributed by atoms with van der Waals surface area (Å²) in [5.74, 6) is 1.72. The van der Waals surface area contributed by atoms with Crippen LogP contribution in [0.4, 0.5) is 0 Å². The van der Waals surface area contributed by atoms with Crippen LogP contribution in [0.25, 0.3) is 0 Å². The Kier molecular flexibility index (Phi) is 5.92. The van der Waals surface area contributed by atoms with Gasteiger partial charge in [-0.05, 0) is 47.9 Å². The van der Waals surface area contributed by atoms with Crippen molar-refractivity contribution in [3.8, 4) is 23.0 Å². The summed E-state index contributed by atoms with van der Waals surface area (Å²) in [7, 11) is -0.430. The number of sulfonamides is 1. The van der Waals surface area contributed by atoms with Crippen molar-refractivity contribution in [1.82, 2.24) is 9.62 Å². The second-order valence-electron chi connectivity index (χ2n) is 7.20. The quantitative estimate of drug-likeness (QED) is 0.685. The van der Waals surface area contributed by atoms with E-state index in [1.165, 1.54) is 4.31 Å². The molecule has 166 valence electrons. The lowest BCUT2D eigenvalue weighted by molar-refractivity contribution is 0.0955. The molecule has 0 aliphatic carbocycles. The van der Waals surface area contributed by atoms with Crippen LogP contribution < -0.4 is 24.3 Å². The molecule has 0 spiro atoms. The van der Waals surface area contributed by atoms with Crippen molar-refractivity contribution in [2.45, 2.75) is 13.0 Å². The molecule has 0 bridgehead atoms. The van der Waals surface area contributed by atoms with Gasteiger partial charge in [-0.3, -0.25) is 4.79 Å². The Morgan fingerprint density at radius 1 is 1.06 bits per heavy atom. The number of fused-ring (bicyclic) bond motifs is 2. The first-order valence-corrected chi connectivity index (χ1v) is 11.4. The predicted octanol–water partition coefficient (Wildman–Crippen LogP) is 1.55. The van der Waals surface area contributed by atoms with Gasteiger partial charge in [0.15, 0.2) is 23.0 Å². The summed E-state index contributed by atoms with van der Waals surface area (Å²) in [6.45, 7) is 0.760. The number of ether oxygens (including phenoxy) is 4. The molecule has 0 fully saturated rings. The first-order valence-electron chi connectivity index (χ1n) is 9.80. The van der Waals surface area contributed by atoms with Crippen molar-refractivity contribution < 1.29 is 32.2 Å². The molecule has 0 atom stereocenters. The van der Waals surface area contributed by atoms with Gasteiger partial charge in [-0.25, -0.2) is 8.42 Å². The van der Waals surface area contributed by atoms with Crippen LogP contribution in [-0.2, 0) is 23.0 Å². The lowest BCUT2D eigenvalue weighted by Crippen LogP contribution is -2.40. The highest BCUT2D eigenvalue weighted by molar-refractivity contribution is 7.89. The number of hydrogen-bond donors (Lipinski definition) is 1. The average Bonchev–Trinajstić information content (AvgIpc) is 3.25. The van der Waals surface area contributed by atoms with Crippen LogP contribution in [0.15, 0.2) is 30.3 Å². The summed E-state index contributed by atoms with van der Waals surface area (Å²) in [5.41, 5.74) is 2.31. The second-order valence-corrected chi connectivity index (χ2v) is 9.29. The van der Waals surface area contributed by atoms with E-state index in [0.29, 0.717) is 41.5 Å². The molecule has 10 heteroatoms. The molecule has 2 aliphatic rings. The molecule has 1 N–H and O–H groups in total. The molecule has 2 aliphatic heterocycles. The number of benzene rings is 2. The van der Waals surface area contributed by atoms with E-state index in [2.05, 4.69) is 5.32 Å². The number of carbonyl (C=O) groups excluding carboxylic acids is 1. The van der Waals surface area contributed by atoms with Crippen LogP contribution in [0, 0.1) is 0 Å². The number of carbonyl (C=O) groups is 1. The number of nitrogens with zero attached hydrogens (tertiary/aromatic N) is 1. The minimum Gasteiger partial charge on any atom is -0.493 e. The molecule has 0 saturated heterocycles. The molecule has 31 heavy (non-hydrogen) atoms. The Bertz CT molecular complexity index is 1100. The molecule has 2 aromatic rings. The third-order valence-corrected chi connectivity index (χ3v) is 7.18. The maximum atomic E-state index is 12.8. The number of amides is 1. The largest absolute Gasteiger partial charge is 0.493 e. The minimum absolute atomic E-state index is 0.00486. The maximum Gasteiger partial charge on any atom is 0.251 e. The summed E-state index contributed by atoms with van der Waals surface area (Å²) in [5, 5.41) is 2.66. The zero-order valence-electron chi connectivity index (χ0n) is 17.3. The van der Waals surface area contributed by atoms with Gasteiger partial charge in [-0.2, -0.15) is 4.31 Å². The fourth-order valence-electron chi connectivity index (χ4n) is 3.66. The van der Waals surface area contributed by atoms with Crippen molar-refractivity contribution in [3.05, 3.63) is 47.0 Å². The summed E-state index contributed by atoms with van der Waals surface area (Å²) in [6, 6.07) is 8.55. The van der Waals surface area contributed by atoms with E-state index in [-0.39, 0.29) is 31.5 Å². The van der Waals surface area contributed by atoms with Crippen LogP contribution in [-0.4, -0.2) is 58.5 Å². The van der Waals surface area contributed by atoms with Gasteiger partial charge in [0, 0.05) is 25.2 Å². The fourth-order valence-corrected chi connectivity index (χ4v) is 4.98. The Hall–Kier alpha value is -2.98. The first-order chi connectivity index (χ1) is 14.9. The zero-order chi connectivity index (χ0) is 22.0. The van der Waals surface area contributed by atoms with E-state index in [1.807, 2.05) is 12.1 Å². The molecular weight excluding hydrogens is 424 g/mol. The van der Waals surface area contributed by atoms with Crippen molar-refractivity contribution in [2.75, 3.05) is 39.9 Å². The van der Waals surface area contributed by atoms with Crippen LogP contribution in [0.5, 0.6) is 23.0 Å². The average molecular weight is 448 g/mol. The highest BCUT2D eigenvalue weighted by atomic mass is 32.2. The van der Waals surface area contributed by atoms with Crippen molar-refractivity contribution >= 4 is 15.9 Å². The van der Waals surface area contributed by atoms with Gasteiger partial charge in [-0.15, -0.1) is 0 Å². The van der Waals surface area contributed by atoms with Crippen LogP contribution in [0.2, 0.25) is 0 Å². The SMILES string of the molecule is COc1cc2c(cc1OC)CN(S(=O)(=O)CCNC(=O)c1ccc3c(c1)OCO3)CC2. The number of rotatable bonds is 7. The number of hydrogen-bond acceptors (Lipinski definition) is 7. The third kappa shape index (κ3) is 4.40. The molecule has 9 nitrogen and oxygen atoms in total. The van der Waals surface area contributed by atoms with Gasteiger partial charge in [0.2, 0.25) is 16.8 Å². The Labute approximate surface area is 180 Å². The van der Waals surface area contributed by atoms with Gasteiger partial charge in [0.25, 0.3) is 5.91 Å². The first kappa shape index (κ1) is 21.3. The van der Waals surface area contributed by atoms with E-state index in [4.69, 9.17) is 18.9 Å². The summed E-state index contributed by atoms with van der Waals surface area (Å²) in [4.78, 5) is 12.4. The molecule has 0 radical (unpaired) electrons. The third-order valence-electron chi connectivity index (χ3n) is 5.36. The van der Waals surface area contributed by atoms with Crippen LogP contribution in [0.1, 0.15) is 21.5 Å². The monoisotopic (exact) mass is 448 g/mol. The van der Waals surface area contributed by atoms with E-state index in [1.54, 1.807) is 32.4 Å². The zero-order valence-corrected chi connectivity index (χ0v) is 18.2. The Morgan fingerprint density at radius 2 is 1.77 bits per heavy atom. The maximum absolute atomic E-state index is 12.8. The van der Waals surface area contributed by atoms with Gasteiger partial charge in [0.1, 0.15) is 0 Å². The molecule has 2 aromatic carbocycles. The molecule has 0 unspecified atom stereocenters. The summed E-state index contributed by atoms with van der Waals surface area (Å²) in [6.07, 6.45) is 0.582. The fraction of sp³-hybridized carbons (Fsp3) is 0.381. The standard InChI is InChI=1S/C21H24N2O7S/c1-27-18-9-14-5-7-23(12-16(14)11-19(18)28-2)31(25,26)8-6-22-21(24)15-3-4-17-20(10-15)30-13-29-17/h3-4,9-11H,5-8,12-13H2,1-2H3,(H,22,24). The van der Waals surface area contributed by atoms with Gasteiger partial charge in [-0.1, -0.05) is 0 Å². The molecular formula is C21H24N2O7S. The summed E-state index contributed by atoms with van der Waals surface area (Å²) >= 11 is 0. The highest BCUT2D eigenvalue weighted by Gasteiger charge is 2.28. The Balaban J connectivity index is 1.37. The van der Waals surface area contributed by atoms with Gasteiger partial charge < -0.3 is 24.3 Å². The predicted molar refractivity (Wildman–Crippen MR) is 112 cm³/mol.